The molecule has 1 aromatic carbocycles. The molecule has 5 rings (SSSR count). The van der Waals surface area contributed by atoms with Gasteiger partial charge in [-0.2, -0.15) is 5.10 Å². The van der Waals surface area contributed by atoms with E-state index in [1.807, 2.05) is 10.7 Å². The van der Waals surface area contributed by atoms with Gasteiger partial charge in [-0.05, 0) is 49.9 Å². The minimum atomic E-state index is -0.305. The van der Waals surface area contributed by atoms with Crippen molar-refractivity contribution in [3.63, 3.8) is 0 Å². The molecular weight excluding hydrogens is 414 g/mol. The first-order valence-electron chi connectivity index (χ1n) is 11.8. The number of hydrogen-bond acceptors (Lipinski definition) is 4. The summed E-state index contributed by atoms with van der Waals surface area (Å²) >= 11 is 0. The molecule has 0 bridgehead atoms. The van der Waals surface area contributed by atoms with Crippen molar-refractivity contribution in [3.05, 3.63) is 59.2 Å². The van der Waals surface area contributed by atoms with E-state index in [-0.39, 0.29) is 30.3 Å². The molecule has 2 aliphatic heterocycles. The molecule has 0 radical (unpaired) electrons. The molecule has 2 amide bonds. The fourth-order valence-electron chi connectivity index (χ4n) is 5.15. The number of rotatable bonds is 5. The lowest BCUT2D eigenvalue weighted by Crippen LogP contribution is -2.33. The van der Waals surface area contributed by atoms with Crippen LogP contribution in [0.4, 0.5) is 5.69 Å². The summed E-state index contributed by atoms with van der Waals surface area (Å²) in [5.74, 6) is -0.171. The van der Waals surface area contributed by atoms with Crippen LogP contribution in [0.1, 0.15) is 64.3 Å². The zero-order valence-electron chi connectivity index (χ0n) is 19.9. The Kier molecular flexibility index (Phi) is 5.15. The zero-order valence-corrected chi connectivity index (χ0v) is 19.9. The van der Waals surface area contributed by atoms with Gasteiger partial charge in [0.2, 0.25) is 5.91 Å². The standard InChI is InChI=1S/C26H31N5O2/c1-15(2)10-12-29-13-18-23-19(7-6-8-21(23)29)28-20-14-30(17(5)32)26(33)25(20)24(18)22-9-11-27-31(22)16(3)4/h6-9,11,13,15-16,24,28H,10,12,14H2,1-5H3/t24-/m0/s1. The first kappa shape index (κ1) is 21.5. The highest BCUT2D eigenvalue weighted by molar-refractivity contribution is 6.11. The topological polar surface area (TPSA) is 72.2 Å². The van der Waals surface area contributed by atoms with Crippen LogP contribution in [0, 0.1) is 5.92 Å². The maximum Gasteiger partial charge on any atom is 0.259 e. The number of amides is 2. The van der Waals surface area contributed by atoms with E-state index in [1.165, 1.54) is 11.8 Å². The van der Waals surface area contributed by atoms with Crippen molar-refractivity contribution in [1.82, 2.24) is 19.2 Å². The van der Waals surface area contributed by atoms with Crippen LogP contribution in [0.25, 0.3) is 10.9 Å². The van der Waals surface area contributed by atoms with Gasteiger partial charge in [-0.25, -0.2) is 0 Å². The molecule has 1 atom stereocenters. The number of aromatic nitrogens is 3. The van der Waals surface area contributed by atoms with E-state index in [0.717, 1.165) is 46.5 Å². The summed E-state index contributed by atoms with van der Waals surface area (Å²) in [5, 5.41) is 9.26. The second-order valence-corrected chi connectivity index (χ2v) is 9.82. The molecule has 0 aliphatic carbocycles. The highest BCUT2D eigenvalue weighted by Crippen LogP contribution is 2.46. The van der Waals surface area contributed by atoms with Gasteiger partial charge in [-0.1, -0.05) is 19.9 Å². The number of imide groups is 1. The Hall–Kier alpha value is -3.35. The van der Waals surface area contributed by atoms with Crippen molar-refractivity contribution in [2.24, 2.45) is 5.92 Å². The van der Waals surface area contributed by atoms with Crippen LogP contribution in [-0.2, 0) is 16.1 Å². The van der Waals surface area contributed by atoms with Gasteiger partial charge in [-0.3, -0.25) is 19.2 Å². The Labute approximate surface area is 194 Å². The normalized spacial score (nSPS) is 17.8. The minimum Gasteiger partial charge on any atom is -0.356 e. The molecule has 7 nitrogen and oxygen atoms in total. The van der Waals surface area contributed by atoms with E-state index < -0.39 is 0 Å². The molecule has 0 spiro atoms. The lowest BCUT2D eigenvalue weighted by atomic mass is 9.87. The highest BCUT2D eigenvalue weighted by Gasteiger charge is 2.42. The molecule has 2 aromatic heterocycles. The second kappa shape index (κ2) is 7.90. The van der Waals surface area contributed by atoms with Crippen molar-refractivity contribution >= 4 is 28.4 Å². The summed E-state index contributed by atoms with van der Waals surface area (Å²) in [6.07, 6.45) is 5.08. The number of carbonyl (C=O) groups excluding carboxylic acids is 2. The number of anilines is 1. The van der Waals surface area contributed by atoms with Crippen molar-refractivity contribution < 1.29 is 9.59 Å². The van der Waals surface area contributed by atoms with Gasteiger partial charge in [0.25, 0.3) is 5.91 Å². The van der Waals surface area contributed by atoms with E-state index in [2.05, 4.69) is 67.1 Å². The molecule has 0 fully saturated rings. The molecule has 7 heteroatoms. The summed E-state index contributed by atoms with van der Waals surface area (Å²) in [5.41, 5.74) is 5.64. The molecule has 4 heterocycles. The molecule has 172 valence electrons. The average Bonchev–Trinajstić information content (AvgIpc) is 3.43. The zero-order chi connectivity index (χ0) is 23.4. The number of nitrogens with one attached hydrogen (secondary N) is 1. The van der Waals surface area contributed by atoms with Crippen molar-refractivity contribution in [2.45, 2.75) is 59.5 Å². The van der Waals surface area contributed by atoms with Crippen LogP contribution in [-0.4, -0.2) is 37.6 Å². The minimum absolute atomic E-state index is 0.143. The van der Waals surface area contributed by atoms with Crippen LogP contribution in [0.3, 0.4) is 0 Å². The van der Waals surface area contributed by atoms with Gasteiger partial charge in [0, 0.05) is 48.7 Å². The Morgan fingerprint density at radius 1 is 1.21 bits per heavy atom. The van der Waals surface area contributed by atoms with E-state index in [0.29, 0.717) is 11.5 Å². The number of aryl methyl sites for hydroxylation is 1. The fraction of sp³-hybridized carbons (Fsp3) is 0.423. The third kappa shape index (κ3) is 3.37. The molecule has 1 N–H and O–H groups in total. The molecule has 33 heavy (non-hydrogen) atoms. The summed E-state index contributed by atoms with van der Waals surface area (Å²) < 4.78 is 4.30. The molecule has 2 aliphatic rings. The Morgan fingerprint density at radius 3 is 2.70 bits per heavy atom. The van der Waals surface area contributed by atoms with Gasteiger partial charge in [-0.15, -0.1) is 0 Å². The molecule has 0 saturated carbocycles. The first-order valence-corrected chi connectivity index (χ1v) is 11.8. The number of nitrogens with zero attached hydrogens (tertiary/aromatic N) is 4. The summed E-state index contributed by atoms with van der Waals surface area (Å²) in [6, 6.07) is 8.42. The smallest absolute Gasteiger partial charge is 0.259 e. The number of carbonyl (C=O) groups is 2. The summed E-state index contributed by atoms with van der Waals surface area (Å²) in [4.78, 5) is 27.2. The van der Waals surface area contributed by atoms with Crippen LogP contribution in [0.15, 0.2) is 47.9 Å². The second-order valence-electron chi connectivity index (χ2n) is 9.82. The monoisotopic (exact) mass is 445 g/mol. The van der Waals surface area contributed by atoms with Gasteiger partial charge >= 0.3 is 0 Å². The van der Waals surface area contributed by atoms with Gasteiger partial charge in [0.15, 0.2) is 0 Å². The van der Waals surface area contributed by atoms with Crippen LogP contribution in [0.2, 0.25) is 0 Å². The number of benzene rings is 1. The Balaban J connectivity index is 1.77. The largest absolute Gasteiger partial charge is 0.356 e. The maximum absolute atomic E-state index is 13.6. The van der Waals surface area contributed by atoms with E-state index in [1.54, 1.807) is 6.20 Å². The summed E-state index contributed by atoms with van der Waals surface area (Å²) in [6.45, 7) is 11.3. The Bertz CT molecular complexity index is 1290. The summed E-state index contributed by atoms with van der Waals surface area (Å²) in [7, 11) is 0. The fourth-order valence-corrected chi connectivity index (χ4v) is 5.15. The van der Waals surface area contributed by atoms with Crippen molar-refractivity contribution in [1.29, 1.82) is 0 Å². The lowest BCUT2D eigenvalue weighted by molar-refractivity contribution is -0.139. The molecule has 3 aromatic rings. The first-order chi connectivity index (χ1) is 15.8. The van der Waals surface area contributed by atoms with E-state index in [9.17, 15) is 9.59 Å². The molecular formula is C26H31N5O2. The third-order valence-electron chi connectivity index (χ3n) is 6.75. The highest BCUT2D eigenvalue weighted by atomic mass is 16.2. The quantitative estimate of drug-likeness (QED) is 0.620. The SMILES string of the molecule is CC(=O)N1CC2=C(C1=O)[C@H](c1ccnn1C(C)C)c1cn(CCC(C)C)c3cccc(c13)N2. The van der Waals surface area contributed by atoms with E-state index >= 15 is 0 Å². The van der Waals surface area contributed by atoms with Gasteiger partial charge in [0.05, 0.1) is 29.2 Å². The molecule has 0 unspecified atom stereocenters. The third-order valence-corrected chi connectivity index (χ3v) is 6.75. The van der Waals surface area contributed by atoms with Gasteiger partial charge < -0.3 is 9.88 Å². The van der Waals surface area contributed by atoms with Crippen molar-refractivity contribution in [3.8, 4) is 0 Å². The molecule has 0 saturated heterocycles. The van der Waals surface area contributed by atoms with Crippen LogP contribution < -0.4 is 5.32 Å². The lowest BCUT2D eigenvalue weighted by Gasteiger charge is -2.21. The average molecular weight is 446 g/mol. The van der Waals surface area contributed by atoms with E-state index in [4.69, 9.17) is 0 Å². The predicted octanol–water partition coefficient (Wildman–Crippen LogP) is 4.67. The predicted molar refractivity (Wildman–Crippen MR) is 129 cm³/mol. The maximum atomic E-state index is 13.6. The number of hydrogen-bond donors (Lipinski definition) is 1. The van der Waals surface area contributed by atoms with Crippen LogP contribution >= 0.6 is 0 Å². The Morgan fingerprint density at radius 2 is 2.00 bits per heavy atom. The van der Waals surface area contributed by atoms with Gasteiger partial charge in [0.1, 0.15) is 0 Å². The van der Waals surface area contributed by atoms with Crippen LogP contribution in [0.5, 0.6) is 0 Å². The van der Waals surface area contributed by atoms with Crippen molar-refractivity contribution in [2.75, 3.05) is 11.9 Å².